The van der Waals surface area contributed by atoms with Crippen LogP contribution in [0.25, 0.3) is 0 Å². The zero-order valence-corrected chi connectivity index (χ0v) is 19.3. The lowest BCUT2D eigenvalue weighted by Gasteiger charge is -2.16. The maximum Gasteiger partial charge on any atom is 0.339 e. The van der Waals surface area contributed by atoms with Crippen LogP contribution < -0.4 is 19.9 Å². The predicted octanol–water partition coefficient (Wildman–Crippen LogP) is 2.95. The zero-order chi connectivity index (χ0) is 23.9. The van der Waals surface area contributed by atoms with Crippen LogP contribution in [0.4, 0.5) is 5.69 Å². The Morgan fingerprint density at radius 2 is 1.66 bits per heavy atom. The molecule has 0 heterocycles. The van der Waals surface area contributed by atoms with Gasteiger partial charge in [0.1, 0.15) is 0 Å². The van der Waals surface area contributed by atoms with E-state index in [4.69, 9.17) is 19.3 Å². The van der Waals surface area contributed by atoms with Crippen molar-refractivity contribution in [1.82, 2.24) is 0 Å². The molecule has 9 nitrogen and oxygen atoms in total. The van der Waals surface area contributed by atoms with Gasteiger partial charge in [-0.05, 0) is 62.2 Å². The molecule has 0 aliphatic carbocycles. The van der Waals surface area contributed by atoms with Gasteiger partial charge in [-0.3, -0.25) is 4.79 Å². The highest BCUT2D eigenvalue weighted by atomic mass is 32.2. The second-order valence-corrected chi connectivity index (χ2v) is 8.97. The third-order valence-corrected chi connectivity index (χ3v) is 5.08. The Kier molecular flexibility index (Phi) is 8.62. The van der Waals surface area contributed by atoms with Crippen molar-refractivity contribution in [1.29, 1.82) is 0 Å². The molecule has 0 bridgehead atoms. The number of rotatable bonds is 10. The normalized spacial score (nSPS) is 12.2. The Balaban J connectivity index is 2.04. The Hall–Kier alpha value is -3.11. The minimum atomic E-state index is -3.83. The largest absolute Gasteiger partial charge is 0.490 e. The second-order valence-electron chi connectivity index (χ2n) is 7.41. The summed E-state index contributed by atoms with van der Waals surface area (Å²) in [6.07, 6.45) is -1.10. The van der Waals surface area contributed by atoms with Crippen LogP contribution >= 0.6 is 0 Å². The van der Waals surface area contributed by atoms with Crippen molar-refractivity contribution in [2.24, 2.45) is 11.1 Å². The summed E-state index contributed by atoms with van der Waals surface area (Å²) in [5.74, 6) is -0.0258. The molecule has 0 radical (unpaired) electrons. The molecular weight excluding hydrogens is 436 g/mol. The van der Waals surface area contributed by atoms with Crippen LogP contribution in [0.15, 0.2) is 47.4 Å². The van der Waals surface area contributed by atoms with E-state index in [1.54, 1.807) is 6.07 Å². The molecule has 1 atom stereocenters. The molecule has 2 aromatic rings. The quantitative estimate of drug-likeness (QED) is 0.516. The molecule has 2 aromatic carbocycles. The molecule has 32 heavy (non-hydrogen) atoms. The summed E-state index contributed by atoms with van der Waals surface area (Å²) in [5.41, 5.74) is 0.540. The van der Waals surface area contributed by atoms with E-state index in [0.717, 1.165) is 0 Å². The predicted molar refractivity (Wildman–Crippen MR) is 119 cm³/mol. The minimum absolute atomic E-state index is 0.0825. The number of hydrogen-bond donors (Lipinski definition) is 2. The molecule has 174 valence electrons. The van der Waals surface area contributed by atoms with Crippen LogP contribution in [-0.2, 0) is 19.6 Å². The average molecular weight is 465 g/mol. The van der Waals surface area contributed by atoms with E-state index >= 15 is 0 Å². The summed E-state index contributed by atoms with van der Waals surface area (Å²) < 4.78 is 39.1. The summed E-state index contributed by atoms with van der Waals surface area (Å²) in [4.78, 5) is 24.8. The number of anilines is 1. The highest BCUT2D eigenvalue weighted by Crippen LogP contribution is 2.29. The summed E-state index contributed by atoms with van der Waals surface area (Å²) in [5, 5.41) is 7.59. The molecule has 0 saturated carbocycles. The lowest BCUT2D eigenvalue weighted by molar-refractivity contribution is -0.123. The molecule has 0 spiro atoms. The van der Waals surface area contributed by atoms with Crippen molar-refractivity contribution in [2.45, 2.75) is 38.7 Å². The molecular formula is C22H28N2O7S. The first kappa shape index (κ1) is 25.2. The molecule has 10 heteroatoms. The van der Waals surface area contributed by atoms with Gasteiger partial charge in [-0.25, -0.2) is 18.4 Å². The highest BCUT2D eigenvalue weighted by Gasteiger charge is 2.21. The van der Waals surface area contributed by atoms with Gasteiger partial charge in [-0.1, -0.05) is 13.8 Å². The maximum atomic E-state index is 12.5. The fraction of sp³-hybridized carbons (Fsp3) is 0.364. The Bertz CT molecular complexity index is 1050. The average Bonchev–Trinajstić information content (AvgIpc) is 2.72. The van der Waals surface area contributed by atoms with Gasteiger partial charge in [0.05, 0.1) is 23.7 Å². The van der Waals surface area contributed by atoms with Crippen LogP contribution in [0.2, 0.25) is 0 Å². The monoisotopic (exact) mass is 464 g/mol. The van der Waals surface area contributed by atoms with Gasteiger partial charge in [0.25, 0.3) is 5.91 Å². The summed E-state index contributed by atoms with van der Waals surface area (Å²) in [6, 6.07) is 9.98. The van der Waals surface area contributed by atoms with E-state index in [9.17, 15) is 18.0 Å². The third-order valence-electron chi connectivity index (χ3n) is 4.15. The van der Waals surface area contributed by atoms with Gasteiger partial charge in [0.2, 0.25) is 10.0 Å². The number of nitrogens with one attached hydrogen (secondary N) is 1. The number of hydrogen-bond acceptors (Lipinski definition) is 7. The van der Waals surface area contributed by atoms with Crippen molar-refractivity contribution in [3.8, 4) is 11.5 Å². The van der Waals surface area contributed by atoms with Crippen molar-refractivity contribution in [3.63, 3.8) is 0 Å². The smallest absolute Gasteiger partial charge is 0.339 e. The number of nitrogens with two attached hydrogens (primary N) is 1. The molecule has 0 fully saturated rings. The highest BCUT2D eigenvalue weighted by molar-refractivity contribution is 7.89. The molecule has 0 aliphatic rings. The lowest BCUT2D eigenvalue weighted by Crippen LogP contribution is -2.30. The standard InChI is InChI=1S/C22H28N2O7S/c1-5-29-20-12-16(6-11-19(20)30-13-14(2)3)22(26)31-15(4)21(25)24-17-7-9-18(10-8-17)32(23,27)28/h6-12,14-15H,5,13H2,1-4H3,(H,24,25)(H2,23,27,28)/t15-/m1/s1. The van der Waals surface area contributed by atoms with Crippen LogP contribution in [0.1, 0.15) is 38.1 Å². The Morgan fingerprint density at radius 3 is 2.22 bits per heavy atom. The summed E-state index contributed by atoms with van der Waals surface area (Å²) >= 11 is 0. The van der Waals surface area contributed by atoms with Crippen LogP contribution in [0.5, 0.6) is 11.5 Å². The van der Waals surface area contributed by atoms with Gasteiger partial charge in [-0.2, -0.15) is 0 Å². The number of amides is 1. The Morgan fingerprint density at radius 1 is 1.00 bits per heavy atom. The molecule has 0 unspecified atom stereocenters. The van der Waals surface area contributed by atoms with Gasteiger partial charge < -0.3 is 19.5 Å². The number of carbonyl (C=O) groups is 2. The SMILES string of the molecule is CCOc1cc(C(=O)O[C@H](C)C(=O)Nc2ccc(S(N)(=O)=O)cc2)ccc1OCC(C)C. The van der Waals surface area contributed by atoms with E-state index in [-0.39, 0.29) is 10.5 Å². The topological polar surface area (TPSA) is 134 Å². The third kappa shape index (κ3) is 7.24. The number of benzene rings is 2. The minimum Gasteiger partial charge on any atom is -0.490 e. The van der Waals surface area contributed by atoms with E-state index in [1.807, 2.05) is 20.8 Å². The summed E-state index contributed by atoms with van der Waals surface area (Å²) in [7, 11) is -3.83. The first-order chi connectivity index (χ1) is 15.0. The van der Waals surface area contributed by atoms with E-state index < -0.39 is 28.0 Å². The van der Waals surface area contributed by atoms with E-state index in [1.165, 1.54) is 43.3 Å². The van der Waals surface area contributed by atoms with Crippen LogP contribution in [0, 0.1) is 5.92 Å². The molecule has 3 N–H and O–H groups in total. The number of primary sulfonamides is 1. The fourth-order valence-corrected chi connectivity index (χ4v) is 3.05. The summed E-state index contributed by atoms with van der Waals surface area (Å²) in [6.45, 7) is 8.17. The molecule has 2 rings (SSSR count). The van der Waals surface area contributed by atoms with Crippen LogP contribution in [-0.4, -0.2) is 39.6 Å². The maximum absolute atomic E-state index is 12.5. The molecule has 0 aromatic heterocycles. The van der Waals surface area contributed by atoms with E-state index in [2.05, 4.69) is 5.32 Å². The fourth-order valence-electron chi connectivity index (χ4n) is 2.53. The Labute approximate surface area is 187 Å². The first-order valence-corrected chi connectivity index (χ1v) is 11.6. The number of ether oxygens (including phenoxy) is 3. The molecule has 0 aliphatic heterocycles. The van der Waals surface area contributed by atoms with Gasteiger partial charge in [-0.15, -0.1) is 0 Å². The van der Waals surface area contributed by atoms with Crippen LogP contribution in [0.3, 0.4) is 0 Å². The number of sulfonamides is 1. The number of carbonyl (C=O) groups excluding carboxylic acids is 2. The number of esters is 1. The van der Waals surface area contributed by atoms with Gasteiger partial charge in [0, 0.05) is 5.69 Å². The molecule has 0 saturated heterocycles. The van der Waals surface area contributed by atoms with Gasteiger partial charge >= 0.3 is 5.97 Å². The van der Waals surface area contributed by atoms with Crippen molar-refractivity contribution >= 4 is 27.6 Å². The zero-order valence-electron chi connectivity index (χ0n) is 18.5. The van der Waals surface area contributed by atoms with Crippen molar-refractivity contribution in [3.05, 3.63) is 48.0 Å². The van der Waals surface area contributed by atoms with E-state index in [0.29, 0.717) is 36.3 Å². The lowest BCUT2D eigenvalue weighted by atomic mass is 10.2. The van der Waals surface area contributed by atoms with Crippen molar-refractivity contribution in [2.75, 3.05) is 18.5 Å². The van der Waals surface area contributed by atoms with Crippen molar-refractivity contribution < 1.29 is 32.2 Å². The van der Waals surface area contributed by atoms with Gasteiger partial charge in [0.15, 0.2) is 17.6 Å². The second kappa shape index (κ2) is 11.0. The molecule has 1 amide bonds. The first-order valence-electron chi connectivity index (χ1n) is 10.1.